The van der Waals surface area contributed by atoms with Crippen molar-refractivity contribution in [2.45, 2.75) is 44.2 Å². The summed E-state index contributed by atoms with van der Waals surface area (Å²) < 4.78 is 0. The highest BCUT2D eigenvalue weighted by atomic mass is 16.2. The topological polar surface area (TPSA) is 36.4 Å². The van der Waals surface area contributed by atoms with Gasteiger partial charge in [0.25, 0.3) is 5.91 Å². The molecular weight excluding hydrogens is 298 g/mol. The maximum atomic E-state index is 13.3. The van der Waals surface area contributed by atoms with Crippen molar-refractivity contribution in [3.05, 3.63) is 42.1 Å². The first-order chi connectivity index (χ1) is 11.8. The summed E-state index contributed by atoms with van der Waals surface area (Å²) in [5.74, 6) is 0.176. The van der Waals surface area contributed by atoms with E-state index in [1.54, 1.807) is 6.20 Å². The monoisotopic (exact) mass is 323 g/mol. The third-order valence-electron chi connectivity index (χ3n) is 5.72. The first-order valence-electron chi connectivity index (χ1n) is 9.10. The van der Waals surface area contributed by atoms with Crippen LogP contribution in [-0.2, 0) is 0 Å². The quantitative estimate of drug-likeness (QED) is 0.808. The van der Waals surface area contributed by atoms with Crippen LogP contribution in [0.2, 0.25) is 0 Å². The van der Waals surface area contributed by atoms with Crippen LogP contribution < -0.4 is 0 Å². The zero-order valence-electron chi connectivity index (χ0n) is 14.3. The number of fused-ring (bicyclic) bond motifs is 2. The van der Waals surface area contributed by atoms with Gasteiger partial charge in [0.05, 0.1) is 5.52 Å². The standard InChI is InChI=1S/C20H25N3O/c1-22-13-4-2-3-10-19-18(22)11-14-23(19)20(24)16-7-5-9-17-15(16)8-6-12-21-17/h5-9,12,18-19H,2-4,10-11,13-14H2,1H3/t18-,19+/m0/s1. The van der Waals surface area contributed by atoms with Crippen LogP contribution in [0.4, 0.5) is 0 Å². The minimum Gasteiger partial charge on any atom is -0.334 e. The summed E-state index contributed by atoms with van der Waals surface area (Å²) in [6.45, 7) is 2.02. The Kier molecular flexibility index (Phi) is 4.23. The van der Waals surface area contributed by atoms with Crippen LogP contribution >= 0.6 is 0 Å². The van der Waals surface area contributed by atoms with Gasteiger partial charge >= 0.3 is 0 Å². The molecule has 2 saturated heterocycles. The number of rotatable bonds is 1. The molecule has 24 heavy (non-hydrogen) atoms. The van der Waals surface area contributed by atoms with Crippen molar-refractivity contribution in [1.82, 2.24) is 14.8 Å². The van der Waals surface area contributed by atoms with Gasteiger partial charge in [-0.15, -0.1) is 0 Å². The molecule has 126 valence electrons. The SMILES string of the molecule is CN1CCCCC[C@@H]2[C@@H]1CCN2C(=O)c1cccc2ncccc12. The number of carbonyl (C=O) groups is 1. The summed E-state index contributed by atoms with van der Waals surface area (Å²) in [5, 5.41) is 0.965. The Hall–Kier alpha value is -1.94. The molecule has 0 spiro atoms. The van der Waals surface area contributed by atoms with Gasteiger partial charge in [-0.05, 0) is 51.1 Å². The molecule has 2 aromatic rings. The lowest BCUT2D eigenvalue weighted by Crippen LogP contribution is -2.46. The Bertz CT molecular complexity index is 739. The largest absolute Gasteiger partial charge is 0.334 e. The lowest BCUT2D eigenvalue weighted by atomic mass is 9.97. The summed E-state index contributed by atoms with van der Waals surface area (Å²) in [4.78, 5) is 22.3. The molecule has 1 aromatic heterocycles. The average molecular weight is 323 g/mol. The molecule has 0 aliphatic carbocycles. The van der Waals surface area contributed by atoms with Gasteiger partial charge in [0.2, 0.25) is 0 Å². The number of likely N-dealkylation sites (N-methyl/N-ethyl adjacent to an activating group) is 1. The highest BCUT2D eigenvalue weighted by Crippen LogP contribution is 2.31. The number of nitrogens with zero attached hydrogens (tertiary/aromatic N) is 3. The van der Waals surface area contributed by atoms with E-state index in [0.29, 0.717) is 12.1 Å². The van der Waals surface area contributed by atoms with Crippen molar-refractivity contribution >= 4 is 16.8 Å². The normalized spacial score (nSPS) is 25.3. The first kappa shape index (κ1) is 15.6. The van der Waals surface area contributed by atoms with E-state index >= 15 is 0 Å². The van der Waals surface area contributed by atoms with E-state index in [-0.39, 0.29) is 5.91 Å². The predicted molar refractivity (Wildman–Crippen MR) is 96.1 cm³/mol. The fourth-order valence-electron chi connectivity index (χ4n) is 4.45. The van der Waals surface area contributed by atoms with Crippen molar-refractivity contribution < 1.29 is 4.79 Å². The van der Waals surface area contributed by atoms with E-state index in [2.05, 4.69) is 21.8 Å². The molecule has 0 radical (unpaired) electrons. The molecule has 4 heteroatoms. The van der Waals surface area contributed by atoms with Crippen LogP contribution in [0.3, 0.4) is 0 Å². The van der Waals surface area contributed by atoms with Gasteiger partial charge in [0.15, 0.2) is 0 Å². The summed E-state index contributed by atoms with van der Waals surface area (Å²) in [6.07, 6.45) is 7.79. The minimum atomic E-state index is 0.176. The molecule has 1 aromatic carbocycles. The lowest BCUT2D eigenvalue weighted by molar-refractivity contribution is 0.0672. The molecule has 0 saturated carbocycles. The molecule has 2 fully saturated rings. The molecule has 0 unspecified atom stereocenters. The average Bonchev–Trinajstić information content (AvgIpc) is 3.01. The predicted octanol–water partition coefficient (Wildman–Crippen LogP) is 3.32. The van der Waals surface area contributed by atoms with Gasteiger partial charge in [-0.3, -0.25) is 9.78 Å². The number of likely N-dealkylation sites (tertiary alicyclic amines) is 2. The number of aromatic nitrogens is 1. The number of pyridine rings is 1. The highest BCUT2D eigenvalue weighted by molar-refractivity contribution is 6.06. The maximum Gasteiger partial charge on any atom is 0.254 e. The molecule has 1 amide bonds. The molecule has 2 aliphatic heterocycles. The van der Waals surface area contributed by atoms with E-state index in [9.17, 15) is 4.79 Å². The number of hydrogen-bond donors (Lipinski definition) is 0. The maximum absolute atomic E-state index is 13.3. The second-order valence-electron chi connectivity index (χ2n) is 7.13. The Morgan fingerprint density at radius 2 is 1.96 bits per heavy atom. The fraction of sp³-hybridized carbons (Fsp3) is 0.500. The third-order valence-corrected chi connectivity index (χ3v) is 5.72. The summed E-state index contributed by atoms with van der Waals surface area (Å²) >= 11 is 0. The van der Waals surface area contributed by atoms with Crippen molar-refractivity contribution in [1.29, 1.82) is 0 Å². The van der Waals surface area contributed by atoms with Crippen LogP contribution in [-0.4, -0.2) is 52.9 Å². The third kappa shape index (κ3) is 2.69. The minimum absolute atomic E-state index is 0.176. The Balaban J connectivity index is 1.66. The molecule has 2 aliphatic rings. The van der Waals surface area contributed by atoms with Crippen LogP contribution in [0.25, 0.3) is 10.9 Å². The Morgan fingerprint density at radius 1 is 1.04 bits per heavy atom. The smallest absolute Gasteiger partial charge is 0.254 e. The van der Waals surface area contributed by atoms with Crippen LogP contribution in [0.1, 0.15) is 42.5 Å². The summed E-state index contributed by atoms with van der Waals surface area (Å²) in [5.41, 5.74) is 1.69. The van der Waals surface area contributed by atoms with Crippen LogP contribution in [0, 0.1) is 0 Å². The zero-order valence-corrected chi connectivity index (χ0v) is 14.3. The number of carbonyl (C=O) groups excluding carboxylic acids is 1. The van der Waals surface area contributed by atoms with E-state index in [0.717, 1.165) is 42.4 Å². The molecule has 0 N–H and O–H groups in total. The second kappa shape index (κ2) is 6.52. The fourth-order valence-corrected chi connectivity index (χ4v) is 4.45. The van der Waals surface area contributed by atoms with E-state index in [1.807, 2.05) is 30.3 Å². The number of amides is 1. The van der Waals surface area contributed by atoms with Gasteiger partial charge in [0.1, 0.15) is 0 Å². The van der Waals surface area contributed by atoms with E-state index in [4.69, 9.17) is 0 Å². The molecule has 0 bridgehead atoms. The van der Waals surface area contributed by atoms with Crippen molar-refractivity contribution in [3.63, 3.8) is 0 Å². The summed E-state index contributed by atoms with van der Waals surface area (Å²) in [6, 6.07) is 10.7. The molecule has 4 rings (SSSR count). The van der Waals surface area contributed by atoms with Gasteiger partial charge in [-0.2, -0.15) is 0 Å². The lowest BCUT2D eigenvalue weighted by Gasteiger charge is -2.35. The highest BCUT2D eigenvalue weighted by Gasteiger charge is 2.39. The van der Waals surface area contributed by atoms with Gasteiger partial charge in [-0.25, -0.2) is 0 Å². The zero-order chi connectivity index (χ0) is 16.5. The Labute approximate surface area is 143 Å². The van der Waals surface area contributed by atoms with Crippen molar-refractivity contribution in [2.75, 3.05) is 20.1 Å². The van der Waals surface area contributed by atoms with E-state index in [1.165, 1.54) is 19.3 Å². The van der Waals surface area contributed by atoms with E-state index < -0.39 is 0 Å². The molecular formula is C20H25N3O. The second-order valence-corrected chi connectivity index (χ2v) is 7.13. The van der Waals surface area contributed by atoms with Gasteiger partial charge in [-0.1, -0.05) is 25.0 Å². The number of hydrogen-bond acceptors (Lipinski definition) is 3. The van der Waals surface area contributed by atoms with Crippen LogP contribution in [0.5, 0.6) is 0 Å². The number of benzene rings is 1. The van der Waals surface area contributed by atoms with Crippen molar-refractivity contribution in [3.8, 4) is 0 Å². The molecule has 3 heterocycles. The molecule has 2 atom stereocenters. The van der Waals surface area contributed by atoms with Crippen molar-refractivity contribution in [2.24, 2.45) is 0 Å². The van der Waals surface area contributed by atoms with Gasteiger partial charge in [0, 0.05) is 35.8 Å². The first-order valence-corrected chi connectivity index (χ1v) is 9.10. The molecule has 4 nitrogen and oxygen atoms in total. The van der Waals surface area contributed by atoms with Crippen LogP contribution in [0.15, 0.2) is 36.5 Å². The Morgan fingerprint density at radius 3 is 2.88 bits per heavy atom. The summed E-state index contributed by atoms with van der Waals surface area (Å²) in [7, 11) is 2.22. The van der Waals surface area contributed by atoms with Gasteiger partial charge < -0.3 is 9.80 Å².